The van der Waals surface area contributed by atoms with Crippen LogP contribution in [0.15, 0.2) is 54.6 Å². The van der Waals surface area contributed by atoms with Crippen LogP contribution in [0.2, 0.25) is 0 Å². The molecular weight excluding hydrogens is 459 g/mol. The Morgan fingerprint density at radius 3 is 2.35 bits per heavy atom. The predicted molar refractivity (Wildman–Crippen MR) is 114 cm³/mol. The molecule has 0 saturated carbocycles. The van der Waals surface area contributed by atoms with Crippen molar-refractivity contribution >= 4 is 16.7 Å². The van der Waals surface area contributed by atoms with Crippen molar-refractivity contribution in [2.24, 2.45) is 5.92 Å². The van der Waals surface area contributed by atoms with Gasteiger partial charge in [0.2, 0.25) is 12.1 Å². The number of ether oxygens (including phenoxy) is 3. The van der Waals surface area contributed by atoms with Crippen molar-refractivity contribution in [3.8, 4) is 5.75 Å². The van der Waals surface area contributed by atoms with E-state index >= 15 is 0 Å². The monoisotopic (exact) mass is 480 g/mol. The Morgan fingerprint density at radius 1 is 1.03 bits per heavy atom. The second-order valence-electron chi connectivity index (χ2n) is 8.36. The van der Waals surface area contributed by atoms with Gasteiger partial charge in [0.15, 0.2) is 17.2 Å². The molecular formula is C25H21F5O4. The van der Waals surface area contributed by atoms with E-state index in [9.17, 15) is 26.7 Å². The van der Waals surface area contributed by atoms with Gasteiger partial charge in [0.05, 0.1) is 18.6 Å². The van der Waals surface area contributed by atoms with Gasteiger partial charge in [0.1, 0.15) is 0 Å². The summed E-state index contributed by atoms with van der Waals surface area (Å²) in [5, 5.41) is 1.59. The van der Waals surface area contributed by atoms with Crippen LogP contribution < -0.4 is 4.74 Å². The van der Waals surface area contributed by atoms with Crippen molar-refractivity contribution in [2.75, 3.05) is 7.11 Å². The molecule has 4 nitrogen and oxygen atoms in total. The zero-order chi connectivity index (χ0) is 24.8. The first kappa shape index (κ1) is 23.9. The van der Waals surface area contributed by atoms with Crippen LogP contribution >= 0.6 is 0 Å². The third-order valence-electron chi connectivity index (χ3n) is 6.48. The van der Waals surface area contributed by atoms with Crippen LogP contribution in [0.4, 0.5) is 22.0 Å². The van der Waals surface area contributed by atoms with Gasteiger partial charge in [-0.25, -0.2) is 9.18 Å². The summed E-state index contributed by atoms with van der Waals surface area (Å²) in [6.07, 6.45) is -6.57. The minimum Gasteiger partial charge on any atom is -0.493 e. The lowest BCUT2D eigenvalue weighted by Gasteiger charge is -2.31. The van der Waals surface area contributed by atoms with Crippen LogP contribution in [-0.2, 0) is 9.47 Å². The summed E-state index contributed by atoms with van der Waals surface area (Å²) in [6.45, 7) is 2.09. The summed E-state index contributed by atoms with van der Waals surface area (Å²) in [5.74, 6) is -6.69. The Bertz CT molecular complexity index is 1240. The third-order valence-corrected chi connectivity index (χ3v) is 6.48. The van der Waals surface area contributed by atoms with Crippen LogP contribution in [0.5, 0.6) is 5.75 Å². The lowest BCUT2D eigenvalue weighted by Crippen LogP contribution is -2.47. The molecule has 1 aliphatic rings. The van der Waals surface area contributed by atoms with E-state index < -0.39 is 53.3 Å². The summed E-state index contributed by atoms with van der Waals surface area (Å²) in [6, 6.07) is 13.8. The van der Waals surface area contributed by atoms with E-state index in [1.54, 1.807) is 24.3 Å². The molecule has 9 heteroatoms. The number of carbonyl (C=O) groups is 1. The average Bonchev–Trinajstić information content (AvgIpc) is 3.05. The SMILES string of the molecule is COc1c([C@H]2[C@H](OC(=O)c3ccc4ccccc4c3)O[C@@](C)(C(F)(F)F)[C@H]2C)ccc(F)c1F. The van der Waals surface area contributed by atoms with E-state index in [4.69, 9.17) is 14.2 Å². The number of esters is 1. The van der Waals surface area contributed by atoms with Gasteiger partial charge < -0.3 is 14.2 Å². The first-order chi connectivity index (χ1) is 16.0. The van der Waals surface area contributed by atoms with Crippen LogP contribution in [-0.4, -0.2) is 31.1 Å². The van der Waals surface area contributed by atoms with Crippen molar-refractivity contribution < 1.29 is 41.0 Å². The molecule has 180 valence electrons. The van der Waals surface area contributed by atoms with Gasteiger partial charge in [0, 0.05) is 11.5 Å². The fraction of sp³-hybridized carbons (Fsp3) is 0.320. The van der Waals surface area contributed by atoms with E-state index in [1.807, 2.05) is 12.1 Å². The molecule has 4 rings (SSSR count). The third kappa shape index (κ3) is 3.87. The molecule has 0 spiro atoms. The van der Waals surface area contributed by atoms with Gasteiger partial charge in [0.25, 0.3) is 0 Å². The first-order valence-corrected chi connectivity index (χ1v) is 10.4. The summed E-state index contributed by atoms with van der Waals surface area (Å²) < 4.78 is 85.8. The number of fused-ring (bicyclic) bond motifs is 1. The fourth-order valence-electron chi connectivity index (χ4n) is 4.35. The highest BCUT2D eigenvalue weighted by atomic mass is 19.4. The highest BCUT2D eigenvalue weighted by Crippen LogP contribution is 2.55. The Kier molecular flexibility index (Phi) is 6.01. The maximum atomic E-state index is 14.4. The van der Waals surface area contributed by atoms with Crippen molar-refractivity contribution in [1.82, 2.24) is 0 Å². The van der Waals surface area contributed by atoms with Crippen molar-refractivity contribution in [3.05, 3.63) is 77.4 Å². The largest absolute Gasteiger partial charge is 0.493 e. The summed E-state index contributed by atoms with van der Waals surface area (Å²) in [4.78, 5) is 12.9. The lowest BCUT2D eigenvalue weighted by molar-refractivity contribution is -0.291. The summed E-state index contributed by atoms with van der Waals surface area (Å²) >= 11 is 0. The summed E-state index contributed by atoms with van der Waals surface area (Å²) in [7, 11) is 1.07. The number of rotatable bonds is 4. The molecule has 1 aliphatic heterocycles. The van der Waals surface area contributed by atoms with Gasteiger partial charge in [-0.2, -0.15) is 17.6 Å². The Morgan fingerprint density at radius 2 is 1.71 bits per heavy atom. The molecule has 3 aromatic carbocycles. The first-order valence-electron chi connectivity index (χ1n) is 10.4. The van der Waals surface area contributed by atoms with E-state index in [2.05, 4.69) is 0 Å². The maximum absolute atomic E-state index is 14.4. The van der Waals surface area contributed by atoms with Crippen LogP contribution in [0.25, 0.3) is 10.8 Å². The van der Waals surface area contributed by atoms with Crippen LogP contribution in [0, 0.1) is 17.6 Å². The number of alkyl halides is 3. The summed E-state index contributed by atoms with van der Waals surface area (Å²) in [5.41, 5.74) is -2.72. The number of halogens is 5. The normalized spacial score (nSPS) is 24.9. The molecule has 1 heterocycles. The topological polar surface area (TPSA) is 44.8 Å². The maximum Gasteiger partial charge on any atom is 0.417 e. The zero-order valence-electron chi connectivity index (χ0n) is 18.5. The second kappa shape index (κ2) is 8.54. The van der Waals surface area contributed by atoms with Crippen molar-refractivity contribution in [2.45, 2.75) is 37.8 Å². The smallest absolute Gasteiger partial charge is 0.417 e. The van der Waals surface area contributed by atoms with Gasteiger partial charge in [-0.05, 0) is 35.9 Å². The molecule has 3 aromatic rings. The predicted octanol–water partition coefficient (Wildman–Crippen LogP) is 6.38. The molecule has 1 fully saturated rings. The number of benzene rings is 3. The molecule has 4 atom stereocenters. The standard InChI is InChI=1S/C25H21F5O4/c1-13-19(17-10-11-18(26)20(27)21(17)32-3)23(34-24(13,2)25(28,29)30)33-22(31)16-9-8-14-6-4-5-7-15(14)12-16/h4-13,19,23H,1-3H3/t13-,19-,23+,24+/m0/s1. The molecule has 0 N–H and O–H groups in total. The van der Waals surface area contributed by atoms with Gasteiger partial charge in [-0.15, -0.1) is 0 Å². The number of hydrogen-bond donors (Lipinski definition) is 0. The van der Waals surface area contributed by atoms with Gasteiger partial charge in [-0.1, -0.05) is 43.3 Å². The molecule has 0 bridgehead atoms. The Labute approximate surface area is 192 Å². The van der Waals surface area contributed by atoms with Crippen LogP contribution in [0.3, 0.4) is 0 Å². The quantitative estimate of drug-likeness (QED) is 0.321. The van der Waals surface area contributed by atoms with E-state index in [1.165, 1.54) is 13.0 Å². The second-order valence-corrected chi connectivity index (χ2v) is 8.36. The van der Waals surface area contributed by atoms with Crippen molar-refractivity contribution in [1.29, 1.82) is 0 Å². The zero-order valence-corrected chi connectivity index (χ0v) is 18.5. The highest BCUT2D eigenvalue weighted by Gasteiger charge is 2.65. The van der Waals surface area contributed by atoms with Crippen molar-refractivity contribution in [3.63, 3.8) is 0 Å². The Balaban J connectivity index is 1.75. The van der Waals surface area contributed by atoms with E-state index in [0.29, 0.717) is 0 Å². The minimum atomic E-state index is -4.83. The van der Waals surface area contributed by atoms with Gasteiger partial charge in [-0.3, -0.25) is 0 Å². The molecule has 0 aliphatic carbocycles. The Hall–Kier alpha value is -3.20. The molecule has 0 unspecified atom stereocenters. The van der Waals surface area contributed by atoms with E-state index in [-0.39, 0.29) is 11.1 Å². The highest BCUT2D eigenvalue weighted by molar-refractivity contribution is 5.95. The molecule has 0 radical (unpaired) electrons. The minimum absolute atomic E-state index is 0.0989. The molecule has 34 heavy (non-hydrogen) atoms. The fourth-order valence-corrected chi connectivity index (χ4v) is 4.35. The molecule has 0 amide bonds. The molecule has 0 aromatic heterocycles. The number of hydrogen-bond acceptors (Lipinski definition) is 4. The van der Waals surface area contributed by atoms with Gasteiger partial charge >= 0.3 is 12.1 Å². The van der Waals surface area contributed by atoms with E-state index in [0.717, 1.165) is 36.9 Å². The number of methoxy groups -OCH3 is 1. The van der Waals surface area contributed by atoms with Crippen LogP contribution in [0.1, 0.15) is 35.7 Å². The number of carbonyl (C=O) groups excluding carboxylic acids is 1. The average molecular weight is 480 g/mol. The molecule has 1 saturated heterocycles. The lowest BCUT2D eigenvalue weighted by atomic mass is 9.79.